The van der Waals surface area contributed by atoms with Crippen LogP contribution >= 0.6 is 0 Å². The topological polar surface area (TPSA) is 76.0 Å². The Bertz CT molecular complexity index is 1060. The number of rotatable bonds is 8. The van der Waals surface area contributed by atoms with Gasteiger partial charge in [0.25, 0.3) is 5.91 Å². The Hall–Kier alpha value is -3.41. The lowest BCUT2D eigenvalue weighted by atomic mass is 10.0. The number of aryl methyl sites for hydroxylation is 2. The van der Waals surface area contributed by atoms with Crippen LogP contribution in [0.3, 0.4) is 0 Å². The second-order valence-electron chi connectivity index (χ2n) is 7.86. The Labute approximate surface area is 183 Å². The zero-order chi connectivity index (χ0) is 22.4. The molecule has 0 spiro atoms. The van der Waals surface area contributed by atoms with Crippen molar-refractivity contribution in [2.45, 2.75) is 46.7 Å². The average Bonchev–Trinajstić information content (AvgIpc) is 3.18. The number of hydrogen-bond donors (Lipinski definition) is 2. The van der Waals surface area contributed by atoms with Crippen LogP contribution in [-0.2, 0) is 11.3 Å². The van der Waals surface area contributed by atoms with Gasteiger partial charge in [-0.15, -0.1) is 0 Å². The summed E-state index contributed by atoms with van der Waals surface area (Å²) in [6.45, 7) is 8.91. The van der Waals surface area contributed by atoms with Gasteiger partial charge in [0, 0.05) is 18.3 Å². The third-order valence-corrected chi connectivity index (χ3v) is 5.26. The number of carbonyl (C=O) groups excluding carboxylic acids is 2. The quantitative estimate of drug-likeness (QED) is 0.583. The van der Waals surface area contributed by atoms with E-state index in [4.69, 9.17) is 5.10 Å². The first-order valence-electron chi connectivity index (χ1n) is 10.7. The lowest BCUT2D eigenvalue weighted by Crippen LogP contribution is -2.45. The molecule has 3 rings (SSSR count). The molecule has 1 heterocycles. The van der Waals surface area contributed by atoms with Crippen LogP contribution in [0, 0.1) is 13.8 Å². The Morgan fingerprint density at radius 1 is 1.06 bits per heavy atom. The second-order valence-corrected chi connectivity index (χ2v) is 7.86. The van der Waals surface area contributed by atoms with E-state index in [2.05, 4.69) is 17.6 Å². The summed E-state index contributed by atoms with van der Waals surface area (Å²) in [6.07, 6.45) is 2.60. The molecule has 0 aliphatic carbocycles. The van der Waals surface area contributed by atoms with Gasteiger partial charge in [0.2, 0.25) is 5.91 Å². The van der Waals surface area contributed by atoms with Crippen LogP contribution in [-0.4, -0.2) is 34.2 Å². The van der Waals surface area contributed by atoms with E-state index < -0.39 is 6.04 Å². The van der Waals surface area contributed by atoms with E-state index >= 15 is 0 Å². The molecule has 2 amide bonds. The van der Waals surface area contributed by atoms with E-state index in [0.717, 1.165) is 23.1 Å². The van der Waals surface area contributed by atoms with Crippen LogP contribution < -0.4 is 10.6 Å². The second kappa shape index (κ2) is 10.1. The maximum Gasteiger partial charge on any atom is 0.255 e. The molecule has 1 atom stereocenters. The molecule has 0 radical (unpaired) electrons. The normalized spacial score (nSPS) is 11.7. The Morgan fingerprint density at radius 3 is 2.48 bits per heavy atom. The summed E-state index contributed by atoms with van der Waals surface area (Å²) in [6, 6.07) is 15.4. The van der Waals surface area contributed by atoms with Crippen molar-refractivity contribution in [1.29, 1.82) is 0 Å². The third kappa shape index (κ3) is 5.60. The van der Waals surface area contributed by atoms with E-state index in [1.54, 1.807) is 17.8 Å². The van der Waals surface area contributed by atoms with Crippen molar-refractivity contribution in [2.75, 3.05) is 6.54 Å². The fraction of sp³-hybridized carbons (Fsp3) is 0.320. The first-order valence-corrected chi connectivity index (χ1v) is 10.7. The van der Waals surface area contributed by atoms with Gasteiger partial charge in [-0.2, -0.15) is 5.10 Å². The van der Waals surface area contributed by atoms with Crippen molar-refractivity contribution < 1.29 is 9.59 Å². The van der Waals surface area contributed by atoms with Gasteiger partial charge in [0.15, 0.2) is 0 Å². The van der Waals surface area contributed by atoms with Crippen molar-refractivity contribution in [1.82, 2.24) is 20.4 Å². The highest BCUT2D eigenvalue weighted by Gasteiger charge is 2.22. The molecule has 3 aromatic rings. The molecule has 6 heteroatoms. The van der Waals surface area contributed by atoms with Gasteiger partial charge in [0.1, 0.15) is 11.7 Å². The molecule has 2 N–H and O–H groups in total. The number of hydrogen-bond acceptors (Lipinski definition) is 3. The molecule has 0 aliphatic heterocycles. The van der Waals surface area contributed by atoms with Crippen LogP contribution in [0.5, 0.6) is 0 Å². The minimum atomic E-state index is -0.635. The minimum Gasteiger partial charge on any atom is -0.354 e. The molecule has 162 valence electrons. The van der Waals surface area contributed by atoms with Gasteiger partial charge >= 0.3 is 0 Å². The summed E-state index contributed by atoms with van der Waals surface area (Å²) >= 11 is 0. The maximum atomic E-state index is 13.1. The molecule has 2 aromatic carbocycles. The molecule has 1 aromatic heterocycles. The molecule has 0 saturated heterocycles. The molecule has 0 saturated carbocycles. The first kappa shape index (κ1) is 22.3. The Balaban J connectivity index is 1.91. The number of benzene rings is 2. The summed E-state index contributed by atoms with van der Waals surface area (Å²) in [7, 11) is 0. The molecule has 6 nitrogen and oxygen atoms in total. The minimum absolute atomic E-state index is 0.195. The fourth-order valence-corrected chi connectivity index (χ4v) is 3.28. The van der Waals surface area contributed by atoms with Gasteiger partial charge in [-0.25, -0.2) is 0 Å². The number of aromatic nitrogens is 2. The summed E-state index contributed by atoms with van der Waals surface area (Å²) < 4.78 is 1.77. The summed E-state index contributed by atoms with van der Waals surface area (Å²) in [5.74, 6) is -0.508. The van der Waals surface area contributed by atoms with Gasteiger partial charge in [0.05, 0.1) is 12.1 Å². The largest absolute Gasteiger partial charge is 0.354 e. The number of amides is 2. The lowest BCUT2D eigenvalue weighted by Gasteiger charge is -2.14. The zero-order valence-electron chi connectivity index (χ0n) is 18.6. The highest BCUT2D eigenvalue weighted by molar-refractivity contribution is 6.01. The maximum absolute atomic E-state index is 13.1. The van der Waals surface area contributed by atoms with Gasteiger partial charge < -0.3 is 10.6 Å². The van der Waals surface area contributed by atoms with Gasteiger partial charge in [-0.3, -0.25) is 14.3 Å². The van der Waals surface area contributed by atoms with Crippen LogP contribution in [0.4, 0.5) is 0 Å². The number of carbonyl (C=O) groups is 2. The van der Waals surface area contributed by atoms with Crippen molar-refractivity contribution in [3.05, 3.63) is 77.0 Å². The predicted molar refractivity (Wildman–Crippen MR) is 123 cm³/mol. The summed E-state index contributed by atoms with van der Waals surface area (Å²) in [5, 5.41) is 10.4. The van der Waals surface area contributed by atoms with E-state index in [1.165, 1.54) is 5.56 Å². The molecule has 31 heavy (non-hydrogen) atoms. The third-order valence-electron chi connectivity index (χ3n) is 5.26. The zero-order valence-corrected chi connectivity index (χ0v) is 18.6. The van der Waals surface area contributed by atoms with E-state index in [9.17, 15) is 9.59 Å². The van der Waals surface area contributed by atoms with Gasteiger partial charge in [-0.05, 0) is 49.9 Å². The molecular weight excluding hydrogens is 388 g/mol. The van der Waals surface area contributed by atoms with Crippen LogP contribution in [0.2, 0.25) is 0 Å². The predicted octanol–water partition coefficient (Wildman–Crippen LogP) is 3.86. The Kier molecular flexibility index (Phi) is 7.23. The number of nitrogens with zero attached hydrogens (tertiary/aromatic N) is 2. The lowest BCUT2D eigenvalue weighted by molar-refractivity contribution is -0.122. The van der Waals surface area contributed by atoms with Crippen LogP contribution in [0.25, 0.3) is 11.3 Å². The highest BCUT2D eigenvalue weighted by atomic mass is 16.2. The standard InChI is InChI=1S/C25H30N4O2/c1-5-13-26-24(30)19(4)27-25(31)22-16-29(15-20-9-7-6-8-10-20)28-23(22)21-12-11-17(2)18(3)14-21/h6-12,14,16,19H,5,13,15H2,1-4H3,(H,26,30)(H,27,31)/t19-/m1/s1. The summed E-state index contributed by atoms with van der Waals surface area (Å²) in [4.78, 5) is 25.3. The fourth-order valence-electron chi connectivity index (χ4n) is 3.28. The molecule has 0 fully saturated rings. The van der Waals surface area contributed by atoms with Crippen LogP contribution in [0.1, 0.15) is 47.3 Å². The van der Waals surface area contributed by atoms with Crippen molar-refractivity contribution in [3.63, 3.8) is 0 Å². The van der Waals surface area contributed by atoms with Crippen molar-refractivity contribution in [2.24, 2.45) is 0 Å². The van der Waals surface area contributed by atoms with E-state index in [0.29, 0.717) is 24.3 Å². The van der Waals surface area contributed by atoms with E-state index in [-0.39, 0.29) is 11.8 Å². The number of nitrogens with one attached hydrogen (secondary N) is 2. The molecule has 0 bridgehead atoms. The van der Waals surface area contributed by atoms with Crippen molar-refractivity contribution >= 4 is 11.8 Å². The molecular formula is C25H30N4O2. The Morgan fingerprint density at radius 2 is 1.81 bits per heavy atom. The molecule has 0 unspecified atom stereocenters. The summed E-state index contributed by atoms with van der Waals surface area (Å²) in [5.41, 5.74) is 5.35. The SMILES string of the molecule is CCCNC(=O)[C@@H](C)NC(=O)c1cn(Cc2ccccc2)nc1-c1ccc(C)c(C)c1. The smallest absolute Gasteiger partial charge is 0.255 e. The highest BCUT2D eigenvalue weighted by Crippen LogP contribution is 2.25. The van der Waals surface area contributed by atoms with Gasteiger partial charge in [-0.1, -0.05) is 49.4 Å². The monoisotopic (exact) mass is 418 g/mol. The van der Waals surface area contributed by atoms with E-state index in [1.807, 2.05) is 62.4 Å². The molecule has 0 aliphatic rings. The van der Waals surface area contributed by atoms with Crippen molar-refractivity contribution in [3.8, 4) is 11.3 Å². The van der Waals surface area contributed by atoms with Crippen LogP contribution in [0.15, 0.2) is 54.7 Å². The average molecular weight is 419 g/mol. The first-order chi connectivity index (χ1) is 14.9.